The van der Waals surface area contributed by atoms with E-state index in [0.29, 0.717) is 15.7 Å². The Labute approximate surface area is 121 Å². The van der Waals surface area contributed by atoms with Crippen LogP contribution in [0.5, 0.6) is 0 Å². The van der Waals surface area contributed by atoms with E-state index in [2.05, 4.69) is 21.2 Å². The largest absolute Gasteiger partial charge is 0.354 e. The van der Waals surface area contributed by atoms with E-state index in [9.17, 15) is 14.5 Å². The van der Waals surface area contributed by atoms with E-state index in [-0.39, 0.29) is 11.4 Å². The van der Waals surface area contributed by atoms with E-state index < -0.39 is 10.7 Å². The number of halogens is 2. The third-order valence-corrected chi connectivity index (χ3v) is 3.13. The van der Waals surface area contributed by atoms with Crippen molar-refractivity contribution in [1.82, 2.24) is 0 Å². The van der Waals surface area contributed by atoms with Crippen molar-refractivity contribution in [2.45, 2.75) is 0 Å². The van der Waals surface area contributed by atoms with E-state index in [1.54, 1.807) is 18.2 Å². The molecular weight excluding hydrogens is 329 g/mol. The summed E-state index contributed by atoms with van der Waals surface area (Å²) in [6, 6.07) is 10.0. The third-order valence-electron chi connectivity index (χ3n) is 2.47. The van der Waals surface area contributed by atoms with E-state index in [0.717, 1.165) is 12.1 Å². The smallest absolute Gasteiger partial charge is 0.274 e. The van der Waals surface area contributed by atoms with Gasteiger partial charge in [0.15, 0.2) is 0 Å². The SMILES string of the molecule is N#Cc1ccc(Nc2cc(F)cc([N+](=O)[O-])c2)c(Br)c1. The van der Waals surface area contributed by atoms with Gasteiger partial charge in [0.25, 0.3) is 5.69 Å². The number of benzene rings is 2. The van der Waals surface area contributed by atoms with Crippen molar-refractivity contribution < 1.29 is 9.31 Å². The minimum atomic E-state index is -0.702. The molecule has 7 heteroatoms. The zero-order chi connectivity index (χ0) is 14.7. The normalized spacial score (nSPS) is 9.85. The number of nitro benzene ring substituents is 1. The van der Waals surface area contributed by atoms with Gasteiger partial charge in [-0.05, 0) is 40.2 Å². The van der Waals surface area contributed by atoms with Gasteiger partial charge < -0.3 is 5.32 Å². The summed E-state index contributed by atoms with van der Waals surface area (Å²) in [6.07, 6.45) is 0. The third kappa shape index (κ3) is 3.10. The highest BCUT2D eigenvalue weighted by molar-refractivity contribution is 9.10. The molecule has 0 fully saturated rings. The Balaban J connectivity index is 2.35. The second-order valence-corrected chi connectivity index (χ2v) is 4.74. The van der Waals surface area contributed by atoms with Crippen molar-refractivity contribution in [1.29, 1.82) is 5.26 Å². The molecule has 0 unspecified atom stereocenters. The molecule has 0 bridgehead atoms. The molecule has 0 aliphatic heterocycles. The summed E-state index contributed by atoms with van der Waals surface area (Å²) in [5.41, 5.74) is 0.955. The van der Waals surface area contributed by atoms with Gasteiger partial charge in [0.2, 0.25) is 0 Å². The molecule has 2 aromatic rings. The Morgan fingerprint density at radius 3 is 2.65 bits per heavy atom. The zero-order valence-corrected chi connectivity index (χ0v) is 11.5. The number of hydrogen-bond donors (Lipinski definition) is 1. The molecule has 0 atom stereocenters. The van der Waals surface area contributed by atoms with Crippen LogP contribution in [0.25, 0.3) is 0 Å². The van der Waals surface area contributed by atoms with Crippen LogP contribution in [-0.4, -0.2) is 4.92 Å². The first-order chi connectivity index (χ1) is 9.49. The number of anilines is 2. The molecule has 0 amide bonds. The fraction of sp³-hybridized carbons (Fsp3) is 0. The van der Waals surface area contributed by atoms with Crippen molar-refractivity contribution in [3.05, 3.63) is 62.4 Å². The van der Waals surface area contributed by atoms with Crippen molar-refractivity contribution in [3.8, 4) is 6.07 Å². The molecule has 0 aliphatic carbocycles. The summed E-state index contributed by atoms with van der Waals surface area (Å²) in [6.45, 7) is 0. The first kappa shape index (κ1) is 14.0. The molecule has 5 nitrogen and oxygen atoms in total. The lowest BCUT2D eigenvalue weighted by atomic mass is 10.2. The van der Waals surface area contributed by atoms with Crippen LogP contribution in [0.3, 0.4) is 0 Å². The predicted molar refractivity (Wildman–Crippen MR) is 75.2 cm³/mol. The van der Waals surface area contributed by atoms with Crippen molar-refractivity contribution >= 4 is 33.0 Å². The van der Waals surface area contributed by atoms with Gasteiger partial charge in [-0.25, -0.2) is 4.39 Å². The highest BCUT2D eigenvalue weighted by Gasteiger charge is 2.11. The lowest BCUT2D eigenvalue weighted by molar-refractivity contribution is -0.385. The second kappa shape index (κ2) is 5.67. The zero-order valence-electron chi connectivity index (χ0n) is 9.93. The number of nitrogens with zero attached hydrogens (tertiary/aromatic N) is 2. The van der Waals surface area contributed by atoms with Gasteiger partial charge in [0, 0.05) is 16.2 Å². The Morgan fingerprint density at radius 2 is 2.05 bits per heavy atom. The Kier molecular flexibility index (Phi) is 3.96. The first-order valence-electron chi connectivity index (χ1n) is 5.41. The molecule has 2 aromatic carbocycles. The monoisotopic (exact) mass is 335 g/mol. The number of hydrogen-bond acceptors (Lipinski definition) is 4. The summed E-state index contributed by atoms with van der Waals surface area (Å²) >= 11 is 3.27. The molecule has 0 radical (unpaired) electrons. The van der Waals surface area contributed by atoms with Gasteiger partial charge in [-0.15, -0.1) is 0 Å². The van der Waals surface area contributed by atoms with Crippen LogP contribution >= 0.6 is 15.9 Å². The summed E-state index contributed by atoms with van der Waals surface area (Å²) in [7, 11) is 0. The number of nitrogens with one attached hydrogen (secondary N) is 1. The Bertz CT molecular complexity index is 728. The Morgan fingerprint density at radius 1 is 1.30 bits per heavy atom. The van der Waals surface area contributed by atoms with E-state index in [4.69, 9.17) is 5.26 Å². The van der Waals surface area contributed by atoms with Gasteiger partial charge in [0.05, 0.1) is 28.3 Å². The van der Waals surface area contributed by atoms with E-state index in [1.165, 1.54) is 6.07 Å². The maximum atomic E-state index is 13.3. The molecule has 1 N–H and O–H groups in total. The molecule has 0 saturated carbocycles. The van der Waals surface area contributed by atoms with Crippen LogP contribution in [0.4, 0.5) is 21.5 Å². The summed E-state index contributed by atoms with van der Waals surface area (Å²) < 4.78 is 13.9. The molecule has 0 aromatic heterocycles. The van der Waals surface area contributed by atoms with E-state index >= 15 is 0 Å². The molecule has 2 rings (SSSR count). The molecule has 0 spiro atoms. The maximum absolute atomic E-state index is 13.3. The lowest BCUT2D eigenvalue weighted by Gasteiger charge is -2.09. The lowest BCUT2D eigenvalue weighted by Crippen LogP contribution is -1.95. The predicted octanol–water partition coefficient (Wildman–Crippen LogP) is 4.11. The van der Waals surface area contributed by atoms with Gasteiger partial charge >= 0.3 is 0 Å². The van der Waals surface area contributed by atoms with Gasteiger partial charge in [-0.3, -0.25) is 10.1 Å². The minimum Gasteiger partial charge on any atom is -0.354 e. The van der Waals surface area contributed by atoms with Crippen LogP contribution in [0, 0.1) is 27.3 Å². The first-order valence-corrected chi connectivity index (χ1v) is 6.20. The fourth-order valence-electron chi connectivity index (χ4n) is 1.59. The number of non-ortho nitro benzene ring substituents is 1. The Hall–Kier alpha value is -2.46. The molecular formula is C13H7BrFN3O2. The average molecular weight is 336 g/mol. The topological polar surface area (TPSA) is 79.0 Å². The fourth-order valence-corrected chi connectivity index (χ4v) is 2.07. The molecule has 100 valence electrons. The standard InChI is InChI=1S/C13H7BrFN3O2/c14-12-3-8(7-16)1-2-13(12)17-10-4-9(15)5-11(6-10)18(19)20/h1-6,17H. The van der Waals surface area contributed by atoms with Crippen molar-refractivity contribution in [2.75, 3.05) is 5.32 Å². The van der Waals surface area contributed by atoms with Gasteiger partial charge in [-0.2, -0.15) is 5.26 Å². The highest BCUT2D eigenvalue weighted by Crippen LogP contribution is 2.29. The summed E-state index contributed by atoms with van der Waals surface area (Å²) in [4.78, 5) is 10.0. The van der Waals surface area contributed by atoms with Crippen LogP contribution in [0.15, 0.2) is 40.9 Å². The van der Waals surface area contributed by atoms with E-state index in [1.807, 2.05) is 6.07 Å². The van der Waals surface area contributed by atoms with Crippen LogP contribution in [0.1, 0.15) is 5.56 Å². The summed E-state index contributed by atoms with van der Waals surface area (Å²) in [5, 5.41) is 22.3. The summed E-state index contributed by atoms with van der Waals surface area (Å²) in [5.74, 6) is -0.702. The quantitative estimate of drug-likeness (QED) is 0.676. The van der Waals surface area contributed by atoms with Crippen LogP contribution < -0.4 is 5.32 Å². The molecule has 20 heavy (non-hydrogen) atoms. The van der Waals surface area contributed by atoms with Crippen molar-refractivity contribution in [3.63, 3.8) is 0 Å². The van der Waals surface area contributed by atoms with Crippen LogP contribution in [-0.2, 0) is 0 Å². The van der Waals surface area contributed by atoms with Gasteiger partial charge in [0.1, 0.15) is 5.82 Å². The highest BCUT2D eigenvalue weighted by atomic mass is 79.9. The van der Waals surface area contributed by atoms with Crippen molar-refractivity contribution in [2.24, 2.45) is 0 Å². The average Bonchev–Trinajstić information content (AvgIpc) is 2.40. The van der Waals surface area contributed by atoms with Crippen LogP contribution in [0.2, 0.25) is 0 Å². The van der Waals surface area contributed by atoms with Gasteiger partial charge in [-0.1, -0.05) is 0 Å². The second-order valence-electron chi connectivity index (χ2n) is 3.89. The number of nitro groups is 1. The molecule has 0 aliphatic rings. The minimum absolute atomic E-state index is 0.252. The molecule has 0 heterocycles. The maximum Gasteiger partial charge on any atom is 0.274 e. The molecule has 0 saturated heterocycles. The number of rotatable bonds is 3. The number of nitriles is 1.